The Kier molecular flexibility index (Phi) is 9.04. The number of nitrogens with one attached hydrogen (secondary N) is 1. The van der Waals surface area contributed by atoms with Crippen molar-refractivity contribution in [2.24, 2.45) is 0 Å². The fourth-order valence-corrected chi connectivity index (χ4v) is 5.48. The van der Waals surface area contributed by atoms with Crippen molar-refractivity contribution in [2.75, 3.05) is 32.2 Å². The molecule has 0 aromatic heterocycles. The maximum Gasteiger partial charge on any atom is 0.264 e. The molecule has 0 unspecified atom stereocenters. The number of benzene rings is 3. The van der Waals surface area contributed by atoms with E-state index in [-0.39, 0.29) is 16.7 Å². The highest BCUT2D eigenvalue weighted by atomic mass is 32.2. The van der Waals surface area contributed by atoms with Gasteiger partial charge < -0.3 is 19.5 Å². The van der Waals surface area contributed by atoms with E-state index in [9.17, 15) is 13.2 Å². The Morgan fingerprint density at radius 3 is 2.05 bits per heavy atom. The van der Waals surface area contributed by atoms with Crippen LogP contribution in [0.4, 0.5) is 5.69 Å². The van der Waals surface area contributed by atoms with E-state index in [1.165, 1.54) is 32.4 Å². The smallest absolute Gasteiger partial charge is 0.264 e. The fraction of sp³-hybridized carbons (Fsp3) is 0.321. The Balaban J connectivity index is 1.94. The molecule has 0 aliphatic rings. The number of carbonyl (C=O) groups is 1. The van der Waals surface area contributed by atoms with Crippen LogP contribution in [-0.2, 0) is 14.8 Å². The lowest BCUT2D eigenvalue weighted by Gasteiger charge is -2.26. The summed E-state index contributed by atoms with van der Waals surface area (Å²) >= 11 is 0. The first-order valence-corrected chi connectivity index (χ1v) is 13.3. The van der Waals surface area contributed by atoms with Gasteiger partial charge in [-0.2, -0.15) is 0 Å². The van der Waals surface area contributed by atoms with Crippen LogP contribution in [0.2, 0.25) is 0 Å². The van der Waals surface area contributed by atoms with Gasteiger partial charge in [-0.05, 0) is 61.7 Å². The molecule has 9 heteroatoms. The summed E-state index contributed by atoms with van der Waals surface area (Å²) in [6.45, 7) is 5.41. The molecule has 0 heterocycles. The molecule has 0 spiro atoms. The zero-order valence-electron chi connectivity index (χ0n) is 22.1. The summed E-state index contributed by atoms with van der Waals surface area (Å²) in [5.41, 5.74) is 3.21. The lowest BCUT2D eigenvalue weighted by Crippen LogP contribution is -2.42. The fourth-order valence-electron chi connectivity index (χ4n) is 4.04. The highest BCUT2D eigenvalue weighted by molar-refractivity contribution is 7.92. The van der Waals surface area contributed by atoms with Gasteiger partial charge in [-0.1, -0.05) is 36.8 Å². The number of nitrogens with zero attached hydrogens (tertiary/aromatic N) is 1. The average molecular weight is 527 g/mol. The first-order chi connectivity index (χ1) is 17.6. The number of ether oxygens (including phenoxy) is 3. The highest BCUT2D eigenvalue weighted by Gasteiger charge is 2.29. The van der Waals surface area contributed by atoms with Gasteiger partial charge in [0.15, 0.2) is 11.5 Å². The molecule has 37 heavy (non-hydrogen) atoms. The summed E-state index contributed by atoms with van der Waals surface area (Å²) in [7, 11) is 0.400. The first-order valence-electron chi connectivity index (χ1n) is 11.9. The van der Waals surface area contributed by atoms with Crippen LogP contribution in [0, 0.1) is 13.8 Å². The van der Waals surface area contributed by atoms with Crippen LogP contribution in [0.25, 0.3) is 0 Å². The minimum atomic E-state index is -4.12. The Hall–Kier alpha value is -3.72. The van der Waals surface area contributed by atoms with Gasteiger partial charge in [-0.15, -0.1) is 0 Å². The minimum absolute atomic E-state index is 0.0173. The monoisotopic (exact) mass is 526 g/mol. The van der Waals surface area contributed by atoms with Crippen LogP contribution in [0.15, 0.2) is 65.6 Å². The van der Waals surface area contributed by atoms with Crippen molar-refractivity contribution in [1.82, 2.24) is 5.32 Å². The third-order valence-corrected chi connectivity index (χ3v) is 7.89. The largest absolute Gasteiger partial charge is 0.496 e. The lowest BCUT2D eigenvalue weighted by molar-refractivity contribution is -0.120. The van der Waals surface area contributed by atoms with Crippen molar-refractivity contribution in [3.8, 4) is 17.2 Å². The molecular weight excluding hydrogens is 492 g/mol. The molecule has 1 amide bonds. The van der Waals surface area contributed by atoms with Gasteiger partial charge in [0, 0.05) is 6.07 Å². The summed E-state index contributed by atoms with van der Waals surface area (Å²) in [6.07, 6.45) is 0.629. The zero-order chi connectivity index (χ0) is 27.2. The van der Waals surface area contributed by atoms with Crippen molar-refractivity contribution in [2.45, 2.75) is 38.1 Å². The molecule has 1 atom stereocenters. The van der Waals surface area contributed by atoms with Crippen molar-refractivity contribution < 1.29 is 27.4 Å². The van der Waals surface area contributed by atoms with Crippen LogP contribution in [0.3, 0.4) is 0 Å². The second-order valence-electron chi connectivity index (χ2n) is 8.62. The molecule has 198 valence electrons. The molecule has 0 aliphatic carbocycles. The Labute approximate surface area is 219 Å². The van der Waals surface area contributed by atoms with Gasteiger partial charge in [-0.3, -0.25) is 9.10 Å². The first kappa shape index (κ1) is 27.9. The highest BCUT2D eigenvalue weighted by Crippen LogP contribution is 2.32. The minimum Gasteiger partial charge on any atom is -0.496 e. The lowest BCUT2D eigenvalue weighted by atomic mass is 10.0. The topological polar surface area (TPSA) is 94.2 Å². The average Bonchev–Trinajstić information content (AvgIpc) is 2.90. The molecule has 0 aliphatic heterocycles. The third-order valence-electron chi connectivity index (χ3n) is 6.12. The van der Waals surface area contributed by atoms with Gasteiger partial charge in [-0.25, -0.2) is 8.42 Å². The maximum absolute atomic E-state index is 13.8. The van der Waals surface area contributed by atoms with Crippen molar-refractivity contribution in [3.63, 3.8) is 0 Å². The Morgan fingerprint density at radius 1 is 0.865 bits per heavy atom. The van der Waals surface area contributed by atoms with Gasteiger partial charge in [0.05, 0.1) is 38.0 Å². The summed E-state index contributed by atoms with van der Waals surface area (Å²) in [5, 5.41) is 2.99. The number of sulfonamides is 1. The van der Waals surface area contributed by atoms with E-state index >= 15 is 0 Å². The van der Waals surface area contributed by atoms with Crippen LogP contribution in [-0.4, -0.2) is 42.2 Å². The molecule has 3 rings (SSSR count). The summed E-state index contributed by atoms with van der Waals surface area (Å²) < 4.78 is 44.6. The van der Waals surface area contributed by atoms with Gasteiger partial charge in [0.2, 0.25) is 5.91 Å². The van der Waals surface area contributed by atoms with Crippen LogP contribution in [0.5, 0.6) is 17.2 Å². The molecular formula is C28H34N2O6S. The van der Waals surface area contributed by atoms with E-state index < -0.39 is 22.5 Å². The van der Waals surface area contributed by atoms with E-state index in [1.807, 2.05) is 39.0 Å². The van der Waals surface area contributed by atoms with Crippen molar-refractivity contribution in [3.05, 3.63) is 77.4 Å². The number of carbonyl (C=O) groups excluding carboxylic acids is 1. The predicted octanol–water partition coefficient (Wildman–Crippen LogP) is 4.79. The molecule has 3 aromatic carbocycles. The molecule has 0 saturated heterocycles. The zero-order valence-corrected chi connectivity index (χ0v) is 22.9. The van der Waals surface area contributed by atoms with Gasteiger partial charge in [0.25, 0.3) is 10.0 Å². The van der Waals surface area contributed by atoms with Crippen molar-refractivity contribution >= 4 is 21.6 Å². The molecule has 1 N–H and O–H groups in total. The van der Waals surface area contributed by atoms with E-state index in [1.54, 1.807) is 31.4 Å². The second-order valence-corrected chi connectivity index (χ2v) is 10.5. The molecule has 0 radical (unpaired) electrons. The summed E-state index contributed by atoms with van der Waals surface area (Å²) in [4.78, 5) is 13.2. The second kappa shape index (κ2) is 12.0. The number of hydrogen-bond acceptors (Lipinski definition) is 6. The normalized spacial score (nSPS) is 11.9. The molecule has 0 bridgehead atoms. The molecule has 0 saturated carbocycles. The molecule has 8 nitrogen and oxygen atoms in total. The van der Waals surface area contributed by atoms with E-state index in [2.05, 4.69) is 5.32 Å². The SMILES string of the molecule is CC[C@@H](NC(=O)CN(c1ccc(C)cc1)S(=O)(=O)c1ccc(OC)c(OC)c1)c1ccc(OC)c(C)c1. The number of amides is 1. The standard InChI is InChI=1S/C28H34N2O6S/c1-7-24(21-10-14-25(34-4)20(3)16-21)29-28(31)18-30(22-11-8-19(2)9-12-22)37(32,33)23-13-15-26(35-5)27(17-23)36-6/h8-17,24H,7,18H2,1-6H3,(H,29,31)/t24-/m1/s1. The number of aryl methyl sites for hydroxylation is 2. The van der Waals surface area contributed by atoms with Crippen LogP contribution < -0.4 is 23.8 Å². The maximum atomic E-state index is 13.8. The quantitative estimate of drug-likeness (QED) is 0.386. The van der Waals surface area contributed by atoms with E-state index in [0.29, 0.717) is 17.9 Å². The Morgan fingerprint density at radius 2 is 1.49 bits per heavy atom. The van der Waals surface area contributed by atoms with Crippen LogP contribution in [0.1, 0.15) is 36.1 Å². The predicted molar refractivity (Wildman–Crippen MR) is 144 cm³/mol. The number of rotatable bonds is 11. The summed E-state index contributed by atoms with van der Waals surface area (Å²) in [5.74, 6) is 1.01. The number of hydrogen-bond donors (Lipinski definition) is 1. The summed E-state index contributed by atoms with van der Waals surface area (Å²) in [6, 6.07) is 16.8. The van der Waals surface area contributed by atoms with E-state index in [4.69, 9.17) is 14.2 Å². The molecule has 3 aromatic rings. The van der Waals surface area contributed by atoms with Crippen LogP contribution >= 0.6 is 0 Å². The van der Waals surface area contributed by atoms with Gasteiger partial charge >= 0.3 is 0 Å². The Bertz CT molecular complexity index is 1340. The third kappa shape index (κ3) is 6.35. The van der Waals surface area contributed by atoms with Crippen molar-refractivity contribution in [1.29, 1.82) is 0 Å². The van der Waals surface area contributed by atoms with Gasteiger partial charge in [0.1, 0.15) is 12.3 Å². The molecule has 0 fully saturated rings. The van der Waals surface area contributed by atoms with E-state index in [0.717, 1.165) is 26.7 Å². The number of anilines is 1. The number of methoxy groups -OCH3 is 3.